The maximum absolute atomic E-state index is 7.95. The van der Waals surface area contributed by atoms with E-state index in [9.17, 15) is 0 Å². The van der Waals surface area contributed by atoms with Crippen LogP contribution in [0, 0.1) is 10.8 Å². The first-order valence-electron chi connectivity index (χ1n) is 6.83. The third-order valence-electron chi connectivity index (χ3n) is 3.13. The molecule has 18 heavy (non-hydrogen) atoms. The van der Waals surface area contributed by atoms with Crippen LogP contribution in [0.15, 0.2) is 11.6 Å². The number of ether oxygens (including phenoxy) is 1. The highest BCUT2D eigenvalue weighted by Crippen LogP contribution is 2.10. The molecule has 0 atom stereocenters. The molecule has 0 spiro atoms. The Labute approximate surface area is 110 Å². The quantitative estimate of drug-likeness (QED) is 0.415. The minimum atomic E-state index is 0.0213. The fraction of sp³-hybridized carbons (Fsp3) is 0.714. The Morgan fingerprint density at radius 1 is 1.33 bits per heavy atom. The van der Waals surface area contributed by atoms with Crippen molar-refractivity contribution in [2.75, 3.05) is 26.7 Å². The molecule has 0 aromatic heterocycles. The van der Waals surface area contributed by atoms with Crippen molar-refractivity contribution in [1.82, 2.24) is 4.90 Å². The molecular formula is C14H25N3O. The number of nitrogens with zero attached hydrogens (tertiary/aromatic N) is 1. The highest BCUT2D eigenvalue weighted by Gasteiger charge is 2.16. The Hall–Kier alpha value is -1.16. The Balaban J connectivity index is 2.28. The first kappa shape index (κ1) is 14.9. The predicted molar refractivity (Wildman–Crippen MR) is 75.7 cm³/mol. The van der Waals surface area contributed by atoms with E-state index in [0.717, 1.165) is 37.9 Å². The smallest absolute Gasteiger partial charge is 0.232 e. The van der Waals surface area contributed by atoms with Gasteiger partial charge < -0.3 is 9.64 Å². The molecule has 0 saturated carbocycles. The first-order valence-corrected chi connectivity index (χ1v) is 6.83. The van der Waals surface area contributed by atoms with Crippen LogP contribution in [0.1, 0.15) is 39.0 Å². The van der Waals surface area contributed by atoms with E-state index in [1.54, 1.807) is 0 Å². The van der Waals surface area contributed by atoms with Crippen LogP contribution >= 0.6 is 0 Å². The van der Waals surface area contributed by atoms with Gasteiger partial charge in [0.2, 0.25) is 5.90 Å². The summed E-state index contributed by atoms with van der Waals surface area (Å²) in [6.45, 7) is 4.51. The lowest BCUT2D eigenvalue weighted by Crippen LogP contribution is -2.31. The number of likely N-dealkylation sites (N-methyl/N-ethyl adjacent to an activating group) is 1. The molecule has 0 unspecified atom stereocenters. The van der Waals surface area contributed by atoms with Crippen LogP contribution in [0.5, 0.6) is 0 Å². The van der Waals surface area contributed by atoms with E-state index in [4.69, 9.17) is 15.6 Å². The Bertz CT molecular complexity index is 323. The summed E-state index contributed by atoms with van der Waals surface area (Å²) in [5.41, 5.74) is 1.17. The summed E-state index contributed by atoms with van der Waals surface area (Å²) >= 11 is 0. The molecule has 0 aromatic rings. The highest BCUT2D eigenvalue weighted by molar-refractivity contribution is 6.43. The molecule has 1 aliphatic rings. The molecule has 1 rings (SSSR count). The monoisotopic (exact) mass is 251 g/mol. The molecular weight excluding hydrogens is 226 g/mol. The van der Waals surface area contributed by atoms with E-state index in [0.29, 0.717) is 6.61 Å². The second-order valence-electron chi connectivity index (χ2n) is 4.87. The maximum atomic E-state index is 7.95. The van der Waals surface area contributed by atoms with Crippen molar-refractivity contribution >= 4 is 11.6 Å². The van der Waals surface area contributed by atoms with E-state index in [2.05, 4.69) is 17.9 Å². The molecule has 1 aliphatic heterocycles. The molecule has 102 valence electrons. The van der Waals surface area contributed by atoms with Gasteiger partial charge in [0, 0.05) is 13.1 Å². The molecule has 4 heteroatoms. The van der Waals surface area contributed by atoms with Crippen LogP contribution < -0.4 is 0 Å². The number of hydrogen-bond donors (Lipinski definition) is 2. The van der Waals surface area contributed by atoms with Crippen molar-refractivity contribution in [2.24, 2.45) is 0 Å². The molecule has 0 radical (unpaired) electrons. The predicted octanol–water partition coefficient (Wildman–Crippen LogP) is 2.84. The second kappa shape index (κ2) is 8.03. The van der Waals surface area contributed by atoms with Crippen molar-refractivity contribution in [3.63, 3.8) is 0 Å². The van der Waals surface area contributed by atoms with Gasteiger partial charge in [0.15, 0.2) is 0 Å². The van der Waals surface area contributed by atoms with E-state index in [1.807, 2.05) is 7.05 Å². The summed E-state index contributed by atoms with van der Waals surface area (Å²) in [6, 6.07) is 0. The maximum Gasteiger partial charge on any atom is 0.232 e. The molecule has 0 aliphatic carbocycles. The average molecular weight is 251 g/mol. The minimum Gasteiger partial charge on any atom is -0.477 e. The summed E-state index contributed by atoms with van der Waals surface area (Å²) in [5, 5.41) is 15.7. The SMILES string of the molecule is CCCCCCOC(=N)C(=N)C1=CCCN(C)C1. The molecule has 1 heterocycles. The molecule has 2 N–H and O–H groups in total. The summed E-state index contributed by atoms with van der Waals surface area (Å²) in [4.78, 5) is 2.17. The number of unbranched alkanes of at least 4 members (excludes halogenated alkanes) is 3. The van der Waals surface area contributed by atoms with Gasteiger partial charge in [-0.05, 0) is 25.5 Å². The highest BCUT2D eigenvalue weighted by atomic mass is 16.5. The van der Waals surface area contributed by atoms with Crippen molar-refractivity contribution < 1.29 is 4.74 Å². The van der Waals surface area contributed by atoms with E-state index in [1.165, 1.54) is 12.8 Å². The zero-order valence-corrected chi connectivity index (χ0v) is 11.6. The summed E-state index contributed by atoms with van der Waals surface area (Å²) in [7, 11) is 2.04. The minimum absolute atomic E-state index is 0.0213. The van der Waals surface area contributed by atoms with Crippen molar-refractivity contribution in [3.05, 3.63) is 11.6 Å². The van der Waals surface area contributed by atoms with Gasteiger partial charge in [-0.1, -0.05) is 32.3 Å². The normalized spacial score (nSPS) is 16.2. The van der Waals surface area contributed by atoms with Gasteiger partial charge in [0.05, 0.1) is 6.61 Å². The van der Waals surface area contributed by atoms with Gasteiger partial charge >= 0.3 is 0 Å². The van der Waals surface area contributed by atoms with Gasteiger partial charge in [0.1, 0.15) is 5.71 Å². The van der Waals surface area contributed by atoms with Crippen molar-refractivity contribution in [2.45, 2.75) is 39.0 Å². The summed E-state index contributed by atoms with van der Waals surface area (Å²) in [5.74, 6) is 0.0213. The Morgan fingerprint density at radius 3 is 2.78 bits per heavy atom. The Kier molecular flexibility index (Phi) is 6.65. The van der Waals surface area contributed by atoms with Gasteiger partial charge in [-0.3, -0.25) is 10.8 Å². The van der Waals surface area contributed by atoms with Gasteiger partial charge in [0.25, 0.3) is 0 Å². The Morgan fingerprint density at radius 2 is 2.11 bits per heavy atom. The fourth-order valence-corrected chi connectivity index (χ4v) is 2.00. The van der Waals surface area contributed by atoms with E-state index >= 15 is 0 Å². The third kappa shape index (κ3) is 5.00. The van der Waals surface area contributed by atoms with Crippen molar-refractivity contribution in [3.8, 4) is 0 Å². The number of rotatable bonds is 7. The third-order valence-corrected chi connectivity index (χ3v) is 3.13. The van der Waals surface area contributed by atoms with Gasteiger partial charge in [-0.2, -0.15) is 0 Å². The van der Waals surface area contributed by atoms with Crippen LogP contribution in [0.3, 0.4) is 0 Å². The van der Waals surface area contributed by atoms with Gasteiger partial charge in [-0.15, -0.1) is 0 Å². The summed E-state index contributed by atoms with van der Waals surface area (Å²) < 4.78 is 5.34. The molecule has 0 amide bonds. The molecule has 0 aromatic carbocycles. The zero-order chi connectivity index (χ0) is 13.4. The van der Waals surface area contributed by atoms with E-state index in [-0.39, 0.29) is 11.6 Å². The van der Waals surface area contributed by atoms with Crippen LogP contribution in [0.2, 0.25) is 0 Å². The van der Waals surface area contributed by atoms with E-state index < -0.39 is 0 Å². The van der Waals surface area contributed by atoms with Crippen LogP contribution in [0.4, 0.5) is 0 Å². The van der Waals surface area contributed by atoms with Gasteiger partial charge in [-0.25, -0.2) is 0 Å². The molecule has 0 saturated heterocycles. The topological polar surface area (TPSA) is 60.2 Å². The van der Waals surface area contributed by atoms with Crippen LogP contribution in [-0.2, 0) is 4.74 Å². The van der Waals surface area contributed by atoms with Crippen molar-refractivity contribution in [1.29, 1.82) is 10.8 Å². The van der Waals surface area contributed by atoms with Crippen LogP contribution in [-0.4, -0.2) is 43.3 Å². The summed E-state index contributed by atoms with van der Waals surface area (Å²) in [6.07, 6.45) is 7.54. The lowest BCUT2D eigenvalue weighted by atomic mass is 10.1. The lowest BCUT2D eigenvalue weighted by Gasteiger charge is -2.23. The number of hydrogen-bond acceptors (Lipinski definition) is 4. The molecule has 4 nitrogen and oxygen atoms in total. The molecule has 0 fully saturated rings. The zero-order valence-electron chi connectivity index (χ0n) is 11.6. The molecule has 0 bridgehead atoms. The second-order valence-corrected chi connectivity index (χ2v) is 4.87. The standard InChI is InChI=1S/C14H25N3O/c1-3-4-5-6-10-18-14(16)13(15)12-8-7-9-17(2)11-12/h8,15-16H,3-7,9-11H2,1-2H3. The van der Waals surface area contributed by atoms with Crippen LogP contribution in [0.25, 0.3) is 0 Å². The number of nitrogens with one attached hydrogen (secondary N) is 2. The average Bonchev–Trinajstić information content (AvgIpc) is 2.37. The lowest BCUT2D eigenvalue weighted by molar-refractivity contribution is 0.295. The first-order chi connectivity index (χ1) is 8.65. The fourth-order valence-electron chi connectivity index (χ4n) is 2.00. The largest absolute Gasteiger partial charge is 0.477 e.